The number of esters is 1. The minimum absolute atomic E-state index is 0. The highest BCUT2D eigenvalue weighted by Gasteiger charge is 2.48. The molecule has 0 bridgehead atoms. The normalized spacial score (nSPS) is 12.5. The second-order valence-electron chi connectivity index (χ2n) is 3.20. The van der Waals surface area contributed by atoms with Gasteiger partial charge in [-0.25, -0.2) is 9.78 Å². The van der Waals surface area contributed by atoms with E-state index < -0.39 is 17.9 Å². The van der Waals surface area contributed by atoms with E-state index in [0.717, 1.165) is 0 Å². The lowest BCUT2D eigenvalue weighted by Gasteiger charge is -2.22. The van der Waals surface area contributed by atoms with Gasteiger partial charge in [0.15, 0.2) is 0 Å². The third-order valence-corrected chi connectivity index (χ3v) is 2.72. The standard InChI is InChI=1S/C10H11BrF2N2O2.ClH/c1-2-17-9(16)10(12,13)7(14)6-4-3-5-15-8(6)11;/h3-5,7H,2,14H2,1H3;1H/t7-;/m1./s1. The van der Waals surface area contributed by atoms with Crippen LogP contribution in [0, 0.1) is 0 Å². The fourth-order valence-corrected chi connectivity index (χ4v) is 1.68. The molecule has 2 N–H and O–H groups in total. The zero-order valence-electron chi connectivity index (χ0n) is 9.40. The van der Waals surface area contributed by atoms with Crippen LogP contribution >= 0.6 is 28.3 Å². The molecule has 1 rings (SSSR count). The number of ether oxygens (including phenoxy) is 1. The molecule has 0 aliphatic carbocycles. The van der Waals surface area contributed by atoms with E-state index in [9.17, 15) is 13.6 Å². The summed E-state index contributed by atoms with van der Waals surface area (Å²) in [7, 11) is 0. The zero-order valence-corrected chi connectivity index (χ0v) is 11.8. The van der Waals surface area contributed by atoms with E-state index in [2.05, 4.69) is 25.7 Å². The van der Waals surface area contributed by atoms with Crippen LogP contribution in [-0.2, 0) is 9.53 Å². The molecule has 1 atom stereocenters. The average molecular weight is 346 g/mol. The molecule has 0 aromatic carbocycles. The van der Waals surface area contributed by atoms with E-state index in [4.69, 9.17) is 5.73 Å². The Bertz CT molecular complexity index is 421. The van der Waals surface area contributed by atoms with Gasteiger partial charge in [-0.15, -0.1) is 12.4 Å². The van der Waals surface area contributed by atoms with Crippen LogP contribution in [0.5, 0.6) is 0 Å². The molecule has 4 nitrogen and oxygen atoms in total. The Hall–Kier alpha value is -0.790. The highest BCUT2D eigenvalue weighted by Crippen LogP contribution is 2.33. The quantitative estimate of drug-likeness (QED) is 0.672. The molecule has 1 aromatic heterocycles. The molecule has 1 aromatic rings. The van der Waals surface area contributed by atoms with Crippen molar-refractivity contribution in [3.8, 4) is 0 Å². The second kappa shape index (κ2) is 6.96. The number of hydrogen-bond acceptors (Lipinski definition) is 4. The van der Waals surface area contributed by atoms with E-state index in [-0.39, 0.29) is 29.2 Å². The molecule has 0 fully saturated rings. The summed E-state index contributed by atoms with van der Waals surface area (Å²) in [6, 6.07) is 1.03. The Kier molecular flexibility index (Phi) is 6.66. The van der Waals surface area contributed by atoms with Crippen molar-refractivity contribution in [3.63, 3.8) is 0 Å². The monoisotopic (exact) mass is 344 g/mol. The minimum Gasteiger partial charge on any atom is -0.462 e. The van der Waals surface area contributed by atoms with Crippen LogP contribution in [0.15, 0.2) is 22.9 Å². The summed E-state index contributed by atoms with van der Waals surface area (Å²) >= 11 is 3.00. The van der Waals surface area contributed by atoms with E-state index in [1.807, 2.05) is 0 Å². The van der Waals surface area contributed by atoms with Crippen molar-refractivity contribution in [2.45, 2.75) is 18.9 Å². The molecule has 8 heteroatoms. The van der Waals surface area contributed by atoms with Gasteiger partial charge in [-0.1, -0.05) is 6.07 Å². The molecule has 0 amide bonds. The number of hydrogen-bond donors (Lipinski definition) is 1. The van der Waals surface area contributed by atoms with Crippen molar-refractivity contribution in [1.29, 1.82) is 0 Å². The number of nitrogens with two attached hydrogens (primary N) is 1. The summed E-state index contributed by atoms with van der Waals surface area (Å²) in [6.45, 7) is 1.31. The first-order valence-corrected chi connectivity index (χ1v) is 5.61. The molecule has 0 aliphatic heterocycles. The van der Waals surface area contributed by atoms with E-state index in [0.29, 0.717) is 0 Å². The van der Waals surface area contributed by atoms with Gasteiger partial charge in [0.1, 0.15) is 10.6 Å². The number of halogens is 4. The van der Waals surface area contributed by atoms with Crippen LogP contribution in [-0.4, -0.2) is 23.5 Å². The Morgan fingerprint density at radius 2 is 2.28 bits per heavy atom. The zero-order chi connectivity index (χ0) is 13.1. The third-order valence-electron chi connectivity index (χ3n) is 2.06. The van der Waals surface area contributed by atoms with E-state index in [1.54, 1.807) is 0 Å². The molecule has 0 radical (unpaired) electrons. The maximum atomic E-state index is 13.6. The predicted molar refractivity (Wildman–Crippen MR) is 67.7 cm³/mol. The fourth-order valence-electron chi connectivity index (χ4n) is 1.18. The van der Waals surface area contributed by atoms with Gasteiger partial charge in [0, 0.05) is 11.8 Å². The van der Waals surface area contributed by atoms with Crippen molar-refractivity contribution in [2.24, 2.45) is 5.73 Å². The first-order chi connectivity index (χ1) is 7.91. The summed E-state index contributed by atoms with van der Waals surface area (Å²) in [5, 5.41) is 0. The van der Waals surface area contributed by atoms with Crippen LogP contribution < -0.4 is 5.73 Å². The Morgan fingerprint density at radius 3 is 2.78 bits per heavy atom. The summed E-state index contributed by atoms with van der Waals surface area (Å²) < 4.78 is 31.7. The van der Waals surface area contributed by atoms with Gasteiger partial charge in [-0.2, -0.15) is 8.78 Å². The highest BCUT2D eigenvalue weighted by molar-refractivity contribution is 9.10. The largest absolute Gasteiger partial charge is 0.462 e. The van der Waals surface area contributed by atoms with Gasteiger partial charge in [0.05, 0.1) is 6.61 Å². The lowest BCUT2D eigenvalue weighted by molar-refractivity contribution is -0.174. The number of pyridine rings is 1. The van der Waals surface area contributed by atoms with Crippen molar-refractivity contribution < 1.29 is 18.3 Å². The predicted octanol–water partition coefficient (Wildman–Crippen LogP) is 2.46. The van der Waals surface area contributed by atoms with Gasteiger partial charge >= 0.3 is 11.9 Å². The molecular weight excluding hydrogens is 333 g/mol. The van der Waals surface area contributed by atoms with E-state index >= 15 is 0 Å². The number of aromatic nitrogens is 1. The van der Waals surface area contributed by atoms with Crippen molar-refractivity contribution in [1.82, 2.24) is 4.98 Å². The van der Waals surface area contributed by atoms with Crippen LogP contribution in [0.25, 0.3) is 0 Å². The Labute approximate surface area is 117 Å². The molecule has 0 aliphatic rings. The van der Waals surface area contributed by atoms with Gasteiger partial charge in [-0.3, -0.25) is 0 Å². The van der Waals surface area contributed by atoms with Crippen LogP contribution in [0.3, 0.4) is 0 Å². The minimum atomic E-state index is -3.79. The van der Waals surface area contributed by atoms with Crippen molar-refractivity contribution >= 4 is 34.3 Å². The molecular formula is C10H12BrClF2N2O2. The topological polar surface area (TPSA) is 65.2 Å². The summed E-state index contributed by atoms with van der Waals surface area (Å²) in [5.41, 5.74) is 5.43. The van der Waals surface area contributed by atoms with Crippen molar-refractivity contribution in [2.75, 3.05) is 6.61 Å². The number of carbonyl (C=O) groups excluding carboxylic acids is 1. The maximum Gasteiger partial charge on any atom is 0.379 e. The molecule has 1 heterocycles. The van der Waals surface area contributed by atoms with Crippen molar-refractivity contribution in [3.05, 3.63) is 28.5 Å². The molecule has 0 saturated heterocycles. The first kappa shape index (κ1) is 17.2. The lowest BCUT2D eigenvalue weighted by Crippen LogP contribution is -2.42. The third kappa shape index (κ3) is 3.60. The molecule has 102 valence electrons. The van der Waals surface area contributed by atoms with E-state index in [1.165, 1.54) is 25.3 Å². The first-order valence-electron chi connectivity index (χ1n) is 4.82. The van der Waals surface area contributed by atoms with Crippen LogP contribution in [0.4, 0.5) is 8.78 Å². The fraction of sp³-hybridized carbons (Fsp3) is 0.400. The number of carbonyl (C=O) groups is 1. The van der Waals surface area contributed by atoms with Gasteiger partial charge < -0.3 is 10.5 Å². The summed E-state index contributed by atoms with van der Waals surface area (Å²) in [6.07, 6.45) is 1.42. The second-order valence-corrected chi connectivity index (χ2v) is 3.96. The highest BCUT2D eigenvalue weighted by atomic mass is 79.9. The van der Waals surface area contributed by atoms with Gasteiger partial charge in [-0.05, 0) is 28.9 Å². The smallest absolute Gasteiger partial charge is 0.379 e. The Morgan fingerprint density at radius 1 is 1.67 bits per heavy atom. The molecule has 0 unspecified atom stereocenters. The molecule has 0 saturated carbocycles. The Balaban J connectivity index is 0.00000289. The number of rotatable bonds is 4. The maximum absolute atomic E-state index is 13.6. The van der Waals surface area contributed by atoms with Gasteiger partial charge in [0.2, 0.25) is 0 Å². The average Bonchev–Trinajstić information content (AvgIpc) is 2.29. The van der Waals surface area contributed by atoms with Crippen LogP contribution in [0.2, 0.25) is 0 Å². The SMILES string of the molecule is CCOC(=O)C(F)(F)[C@H](N)c1cccnc1Br.Cl. The van der Waals surface area contributed by atoms with Crippen LogP contribution in [0.1, 0.15) is 18.5 Å². The number of alkyl halides is 2. The van der Waals surface area contributed by atoms with Gasteiger partial charge in [0.25, 0.3) is 0 Å². The molecule has 18 heavy (non-hydrogen) atoms. The summed E-state index contributed by atoms with van der Waals surface area (Å²) in [5.74, 6) is -5.43. The number of nitrogens with zero attached hydrogens (tertiary/aromatic N) is 1. The summed E-state index contributed by atoms with van der Waals surface area (Å²) in [4.78, 5) is 14.9. The molecule has 0 spiro atoms. The lowest BCUT2D eigenvalue weighted by atomic mass is 10.0.